The number of nitrogens with one attached hydrogen (secondary N) is 1. The summed E-state index contributed by atoms with van der Waals surface area (Å²) >= 11 is 1.10. The molecule has 1 N–H and O–H groups in total. The summed E-state index contributed by atoms with van der Waals surface area (Å²) in [5.74, 6) is -1.11. The number of carbonyl (C=O) groups excluding carboxylic acids is 2. The number of aromatic nitrogens is 3. The number of thiazole rings is 1. The first-order valence-electron chi connectivity index (χ1n) is 7.87. The van der Waals surface area contributed by atoms with Gasteiger partial charge in [0, 0.05) is 17.9 Å². The van der Waals surface area contributed by atoms with Crippen molar-refractivity contribution in [1.82, 2.24) is 15.1 Å². The standard InChI is InChI=1S/C17H15FN4O4S/c1-8-4-5-11(6-12(8)18)14-21-15(26-22-14)9(2)25-16(24)13-7-27-17(20-13)19-10(3)23/h4-7,9H,1-3H3,(H,19,20,23). The first kappa shape index (κ1) is 18.6. The number of ether oxygens (including phenoxy) is 1. The van der Waals surface area contributed by atoms with Gasteiger partial charge in [-0.25, -0.2) is 14.2 Å². The molecule has 10 heteroatoms. The molecule has 1 aromatic carbocycles. The third kappa shape index (κ3) is 4.34. The van der Waals surface area contributed by atoms with Crippen LogP contribution in [0.4, 0.5) is 9.52 Å². The third-order valence-corrected chi connectivity index (χ3v) is 4.26. The fourth-order valence-electron chi connectivity index (χ4n) is 2.10. The second kappa shape index (κ2) is 7.62. The Morgan fingerprint density at radius 3 is 2.81 bits per heavy atom. The summed E-state index contributed by atoms with van der Waals surface area (Å²) < 4.78 is 24.0. The molecule has 0 saturated carbocycles. The van der Waals surface area contributed by atoms with E-state index in [0.717, 1.165) is 11.3 Å². The van der Waals surface area contributed by atoms with Gasteiger partial charge in [-0.05, 0) is 25.5 Å². The first-order valence-corrected chi connectivity index (χ1v) is 8.75. The Kier molecular flexibility index (Phi) is 5.26. The van der Waals surface area contributed by atoms with E-state index >= 15 is 0 Å². The molecule has 0 fully saturated rings. The highest BCUT2D eigenvalue weighted by Crippen LogP contribution is 2.24. The average Bonchev–Trinajstić information content (AvgIpc) is 3.26. The Morgan fingerprint density at radius 1 is 1.33 bits per heavy atom. The fourth-order valence-corrected chi connectivity index (χ4v) is 2.82. The van der Waals surface area contributed by atoms with E-state index in [1.807, 2.05) is 0 Å². The quantitative estimate of drug-likeness (QED) is 0.664. The van der Waals surface area contributed by atoms with Crippen molar-refractivity contribution in [3.05, 3.63) is 46.5 Å². The van der Waals surface area contributed by atoms with E-state index in [2.05, 4.69) is 20.4 Å². The molecule has 3 rings (SSSR count). The zero-order valence-electron chi connectivity index (χ0n) is 14.6. The van der Waals surface area contributed by atoms with Crippen molar-refractivity contribution < 1.29 is 23.2 Å². The predicted molar refractivity (Wildman–Crippen MR) is 94.7 cm³/mol. The SMILES string of the molecule is CC(=O)Nc1nc(C(=O)OC(C)c2nc(-c3ccc(C)c(F)c3)no2)cs1. The molecule has 140 valence electrons. The summed E-state index contributed by atoms with van der Waals surface area (Å²) in [6.45, 7) is 4.55. The van der Waals surface area contributed by atoms with Gasteiger partial charge >= 0.3 is 5.97 Å². The van der Waals surface area contributed by atoms with E-state index in [-0.39, 0.29) is 29.1 Å². The Labute approximate surface area is 157 Å². The number of halogens is 1. The highest BCUT2D eigenvalue weighted by Gasteiger charge is 2.22. The minimum Gasteiger partial charge on any atom is -0.448 e. The van der Waals surface area contributed by atoms with Crippen molar-refractivity contribution in [2.45, 2.75) is 26.9 Å². The van der Waals surface area contributed by atoms with Crippen LogP contribution in [0.1, 0.15) is 41.9 Å². The molecule has 0 aliphatic rings. The Hall–Kier alpha value is -3.14. The Morgan fingerprint density at radius 2 is 2.11 bits per heavy atom. The predicted octanol–water partition coefficient (Wildman–Crippen LogP) is 3.52. The lowest BCUT2D eigenvalue weighted by molar-refractivity contribution is -0.114. The van der Waals surface area contributed by atoms with Crippen molar-refractivity contribution in [3.63, 3.8) is 0 Å². The van der Waals surface area contributed by atoms with Crippen LogP contribution in [0.2, 0.25) is 0 Å². The topological polar surface area (TPSA) is 107 Å². The number of rotatable bonds is 5. The molecular weight excluding hydrogens is 375 g/mol. The largest absolute Gasteiger partial charge is 0.448 e. The second-order valence-corrected chi connectivity index (χ2v) is 6.54. The van der Waals surface area contributed by atoms with Crippen LogP contribution < -0.4 is 5.32 Å². The number of amides is 1. The number of esters is 1. The molecule has 1 atom stereocenters. The minimum atomic E-state index is -0.833. The molecule has 3 aromatic rings. The highest BCUT2D eigenvalue weighted by molar-refractivity contribution is 7.14. The van der Waals surface area contributed by atoms with Gasteiger partial charge in [-0.1, -0.05) is 17.3 Å². The summed E-state index contributed by atoms with van der Waals surface area (Å²) in [7, 11) is 0. The molecule has 0 radical (unpaired) electrons. The van der Waals surface area contributed by atoms with Gasteiger partial charge in [0.25, 0.3) is 5.89 Å². The number of nitrogens with zero attached hydrogens (tertiary/aromatic N) is 3. The van der Waals surface area contributed by atoms with E-state index in [1.165, 1.54) is 18.4 Å². The maximum Gasteiger partial charge on any atom is 0.358 e. The molecule has 1 amide bonds. The van der Waals surface area contributed by atoms with Gasteiger partial charge < -0.3 is 14.6 Å². The van der Waals surface area contributed by atoms with Gasteiger partial charge in [0.15, 0.2) is 16.9 Å². The number of benzene rings is 1. The number of anilines is 1. The van der Waals surface area contributed by atoms with Gasteiger partial charge in [-0.2, -0.15) is 4.98 Å². The van der Waals surface area contributed by atoms with Gasteiger partial charge in [0.1, 0.15) is 5.82 Å². The smallest absolute Gasteiger partial charge is 0.358 e. The van der Waals surface area contributed by atoms with Crippen LogP contribution in [0.15, 0.2) is 28.1 Å². The number of carbonyl (C=O) groups is 2. The van der Waals surface area contributed by atoms with Crippen molar-refractivity contribution in [2.24, 2.45) is 0 Å². The second-order valence-electron chi connectivity index (χ2n) is 5.69. The number of hydrogen-bond acceptors (Lipinski definition) is 8. The summed E-state index contributed by atoms with van der Waals surface area (Å²) in [5, 5.41) is 8.04. The first-order chi connectivity index (χ1) is 12.8. The van der Waals surface area contributed by atoms with E-state index in [1.54, 1.807) is 26.0 Å². The van der Waals surface area contributed by atoms with E-state index in [0.29, 0.717) is 16.3 Å². The average molecular weight is 390 g/mol. The number of hydrogen-bond donors (Lipinski definition) is 1. The summed E-state index contributed by atoms with van der Waals surface area (Å²) in [6, 6.07) is 4.58. The molecule has 2 aromatic heterocycles. The molecule has 0 aliphatic heterocycles. The fraction of sp³-hybridized carbons (Fsp3) is 0.235. The summed E-state index contributed by atoms with van der Waals surface area (Å²) in [6.07, 6.45) is -0.833. The van der Waals surface area contributed by atoms with Crippen LogP contribution in [0.25, 0.3) is 11.4 Å². The maximum atomic E-state index is 13.7. The van der Waals surface area contributed by atoms with Crippen molar-refractivity contribution in [2.75, 3.05) is 5.32 Å². The van der Waals surface area contributed by atoms with Gasteiger partial charge in [0.2, 0.25) is 11.7 Å². The molecule has 0 spiro atoms. The third-order valence-electron chi connectivity index (χ3n) is 3.50. The van der Waals surface area contributed by atoms with Crippen LogP contribution in [-0.4, -0.2) is 27.0 Å². The van der Waals surface area contributed by atoms with E-state index in [9.17, 15) is 14.0 Å². The van der Waals surface area contributed by atoms with Crippen LogP contribution in [0, 0.1) is 12.7 Å². The Balaban J connectivity index is 1.69. The van der Waals surface area contributed by atoms with Crippen molar-refractivity contribution in [3.8, 4) is 11.4 Å². The molecule has 1 unspecified atom stereocenters. The zero-order chi connectivity index (χ0) is 19.6. The van der Waals surface area contributed by atoms with E-state index < -0.39 is 12.1 Å². The Bertz CT molecular complexity index is 1000. The molecule has 8 nitrogen and oxygen atoms in total. The minimum absolute atomic E-state index is 0.0518. The van der Waals surface area contributed by atoms with Gasteiger partial charge in [-0.15, -0.1) is 11.3 Å². The van der Waals surface area contributed by atoms with Crippen molar-refractivity contribution >= 4 is 28.3 Å². The lowest BCUT2D eigenvalue weighted by Crippen LogP contribution is -2.11. The lowest BCUT2D eigenvalue weighted by Gasteiger charge is -2.07. The molecule has 0 bridgehead atoms. The van der Waals surface area contributed by atoms with Crippen LogP contribution in [0.5, 0.6) is 0 Å². The maximum absolute atomic E-state index is 13.7. The highest BCUT2D eigenvalue weighted by atomic mass is 32.1. The van der Waals surface area contributed by atoms with Crippen molar-refractivity contribution in [1.29, 1.82) is 0 Å². The molecule has 2 heterocycles. The van der Waals surface area contributed by atoms with Crippen LogP contribution >= 0.6 is 11.3 Å². The molecule has 0 saturated heterocycles. The summed E-state index contributed by atoms with van der Waals surface area (Å²) in [4.78, 5) is 31.3. The van der Waals surface area contributed by atoms with Gasteiger partial charge in [-0.3, -0.25) is 4.79 Å². The zero-order valence-corrected chi connectivity index (χ0v) is 15.5. The van der Waals surface area contributed by atoms with Crippen LogP contribution in [-0.2, 0) is 9.53 Å². The van der Waals surface area contributed by atoms with Crippen LogP contribution in [0.3, 0.4) is 0 Å². The molecule has 27 heavy (non-hydrogen) atoms. The monoisotopic (exact) mass is 390 g/mol. The molecule has 0 aliphatic carbocycles. The summed E-state index contributed by atoms with van der Waals surface area (Å²) in [5.41, 5.74) is 1.01. The normalized spacial score (nSPS) is 11.9. The lowest BCUT2D eigenvalue weighted by atomic mass is 10.1. The number of aryl methyl sites for hydroxylation is 1. The molecular formula is C17H15FN4O4S. The van der Waals surface area contributed by atoms with Gasteiger partial charge in [0.05, 0.1) is 0 Å². The van der Waals surface area contributed by atoms with E-state index in [4.69, 9.17) is 9.26 Å².